The summed E-state index contributed by atoms with van der Waals surface area (Å²) in [4.78, 5) is 2.12. The third-order valence-electron chi connectivity index (χ3n) is 3.58. The van der Waals surface area contributed by atoms with Crippen LogP contribution in [0.1, 0.15) is 18.1 Å². The van der Waals surface area contributed by atoms with Gasteiger partial charge in [-0.25, -0.2) is 0 Å². The molecule has 1 unspecified atom stereocenters. The molecule has 112 valence electrons. The van der Waals surface area contributed by atoms with Gasteiger partial charge < -0.3 is 10.2 Å². The molecular weight excluding hydrogens is 280 g/mol. The number of anilines is 2. The van der Waals surface area contributed by atoms with E-state index in [1.54, 1.807) is 0 Å². The summed E-state index contributed by atoms with van der Waals surface area (Å²) < 4.78 is 0. The fraction of sp³-hybridized carbons (Fsp3) is 0.333. The fourth-order valence-corrected chi connectivity index (χ4v) is 2.50. The maximum absolute atomic E-state index is 5.92. The first-order chi connectivity index (χ1) is 9.95. The van der Waals surface area contributed by atoms with Crippen molar-refractivity contribution in [1.82, 2.24) is 0 Å². The second-order valence-electron chi connectivity index (χ2n) is 5.77. The Morgan fingerprint density at radius 3 is 2.33 bits per heavy atom. The van der Waals surface area contributed by atoms with Gasteiger partial charge in [0.2, 0.25) is 0 Å². The largest absolute Gasteiger partial charge is 0.382 e. The van der Waals surface area contributed by atoms with Crippen molar-refractivity contribution in [1.29, 1.82) is 0 Å². The van der Waals surface area contributed by atoms with Gasteiger partial charge in [0.15, 0.2) is 0 Å². The van der Waals surface area contributed by atoms with E-state index in [0.717, 1.165) is 11.4 Å². The van der Waals surface area contributed by atoms with Crippen LogP contribution in [0.3, 0.4) is 0 Å². The van der Waals surface area contributed by atoms with E-state index in [9.17, 15) is 0 Å². The molecule has 3 heteroatoms. The predicted molar refractivity (Wildman–Crippen MR) is 93.7 cm³/mol. The zero-order valence-corrected chi connectivity index (χ0v) is 13.9. The lowest BCUT2D eigenvalue weighted by atomic mass is 10.1. The molecule has 0 heterocycles. The van der Waals surface area contributed by atoms with Crippen molar-refractivity contribution in [2.45, 2.75) is 26.3 Å². The molecular formula is C18H23ClN2. The quantitative estimate of drug-likeness (QED) is 0.857. The smallest absolute Gasteiger partial charge is 0.0406 e. The van der Waals surface area contributed by atoms with Crippen LogP contribution in [0.4, 0.5) is 11.4 Å². The van der Waals surface area contributed by atoms with Crippen LogP contribution in [0, 0.1) is 6.92 Å². The molecule has 0 aromatic heterocycles. The third-order valence-corrected chi connectivity index (χ3v) is 3.84. The van der Waals surface area contributed by atoms with Crippen LogP contribution >= 0.6 is 11.6 Å². The van der Waals surface area contributed by atoms with E-state index in [2.05, 4.69) is 68.5 Å². The SMILES string of the molecule is Cc1cc(N(C)C)ccc1NC(C)Cc1ccc(Cl)cc1. The fourth-order valence-electron chi connectivity index (χ4n) is 2.38. The van der Waals surface area contributed by atoms with Gasteiger partial charge in [0.05, 0.1) is 0 Å². The van der Waals surface area contributed by atoms with E-state index in [0.29, 0.717) is 6.04 Å². The standard InChI is InChI=1S/C18H23ClN2/c1-13-11-17(21(3)4)9-10-18(13)20-14(2)12-15-5-7-16(19)8-6-15/h5-11,14,20H,12H2,1-4H3. The molecule has 2 aromatic rings. The Hall–Kier alpha value is -1.67. The molecule has 0 aliphatic carbocycles. The topological polar surface area (TPSA) is 15.3 Å². The first kappa shape index (κ1) is 15.7. The Labute approximate surface area is 132 Å². The summed E-state index contributed by atoms with van der Waals surface area (Å²) in [6, 6.07) is 14.9. The van der Waals surface area contributed by atoms with E-state index in [-0.39, 0.29) is 0 Å². The maximum atomic E-state index is 5.92. The van der Waals surface area contributed by atoms with E-state index < -0.39 is 0 Å². The normalized spacial score (nSPS) is 12.0. The summed E-state index contributed by atoms with van der Waals surface area (Å²) in [5, 5.41) is 4.37. The van der Waals surface area contributed by atoms with Gasteiger partial charge in [-0.2, -0.15) is 0 Å². The molecule has 0 bridgehead atoms. The highest BCUT2D eigenvalue weighted by atomic mass is 35.5. The number of nitrogens with one attached hydrogen (secondary N) is 1. The molecule has 0 aliphatic rings. The summed E-state index contributed by atoms with van der Waals surface area (Å²) in [5.74, 6) is 0. The molecule has 0 saturated heterocycles. The van der Waals surface area contributed by atoms with Crippen molar-refractivity contribution >= 4 is 23.0 Å². The van der Waals surface area contributed by atoms with Crippen molar-refractivity contribution < 1.29 is 0 Å². The van der Waals surface area contributed by atoms with E-state index in [4.69, 9.17) is 11.6 Å². The number of halogens is 1. The van der Waals surface area contributed by atoms with Gasteiger partial charge in [-0.05, 0) is 61.7 Å². The second-order valence-corrected chi connectivity index (χ2v) is 6.21. The molecule has 21 heavy (non-hydrogen) atoms. The van der Waals surface area contributed by atoms with Crippen LogP contribution in [-0.2, 0) is 6.42 Å². The Morgan fingerprint density at radius 2 is 1.76 bits per heavy atom. The molecule has 0 spiro atoms. The van der Waals surface area contributed by atoms with E-state index in [1.165, 1.54) is 22.5 Å². The van der Waals surface area contributed by atoms with Gasteiger partial charge in [0.25, 0.3) is 0 Å². The predicted octanol–water partition coefficient (Wildman–Crippen LogP) is 4.76. The molecule has 2 aromatic carbocycles. The number of benzene rings is 2. The molecule has 1 N–H and O–H groups in total. The van der Waals surface area contributed by atoms with Crippen LogP contribution in [-0.4, -0.2) is 20.1 Å². The number of rotatable bonds is 5. The lowest BCUT2D eigenvalue weighted by Crippen LogP contribution is -2.19. The van der Waals surface area contributed by atoms with Gasteiger partial charge in [0, 0.05) is 36.5 Å². The summed E-state index contributed by atoms with van der Waals surface area (Å²) >= 11 is 5.92. The minimum atomic E-state index is 0.370. The van der Waals surface area contributed by atoms with Crippen LogP contribution in [0.2, 0.25) is 5.02 Å². The average Bonchev–Trinajstić information content (AvgIpc) is 2.43. The van der Waals surface area contributed by atoms with Crippen LogP contribution in [0.15, 0.2) is 42.5 Å². The zero-order chi connectivity index (χ0) is 15.4. The first-order valence-electron chi connectivity index (χ1n) is 7.24. The Morgan fingerprint density at radius 1 is 1.10 bits per heavy atom. The molecule has 2 nitrogen and oxygen atoms in total. The Balaban J connectivity index is 2.02. The van der Waals surface area contributed by atoms with Crippen LogP contribution < -0.4 is 10.2 Å². The monoisotopic (exact) mass is 302 g/mol. The van der Waals surface area contributed by atoms with Gasteiger partial charge >= 0.3 is 0 Å². The van der Waals surface area contributed by atoms with E-state index >= 15 is 0 Å². The molecule has 0 amide bonds. The summed E-state index contributed by atoms with van der Waals surface area (Å²) in [7, 11) is 4.12. The Bertz CT molecular complexity index is 591. The number of nitrogens with zero attached hydrogens (tertiary/aromatic N) is 1. The molecule has 1 atom stereocenters. The third kappa shape index (κ3) is 4.40. The van der Waals surface area contributed by atoms with Crippen molar-refractivity contribution in [3.8, 4) is 0 Å². The highest BCUT2D eigenvalue weighted by molar-refractivity contribution is 6.30. The van der Waals surface area contributed by atoms with Crippen molar-refractivity contribution in [3.05, 3.63) is 58.6 Å². The van der Waals surface area contributed by atoms with Crippen LogP contribution in [0.25, 0.3) is 0 Å². The number of aryl methyl sites for hydroxylation is 1. The lowest BCUT2D eigenvalue weighted by Gasteiger charge is -2.19. The molecule has 0 radical (unpaired) electrons. The summed E-state index contributed by atoms with van der Waals surface area (Å²) in [6.07, 6.45) is 0.978. The lowest BCUT2D eigenvalue weighted by molar-refractivity contribution is 0.789. The van der Waals surface area contributed by atoms with Gasteiger partial charge in [0.1, 0.15) is 0 Å². The minimum Gasteiger partial charge on any atom is -0.382 e. The van der Waals surface area contributed by atoms with Crippen molar-refractivity contribution in [3.63, 3.8) is 0 Å². The molecule has 0 aliphatic heterocycles. The maximum Gasteiger partial charge on any atom is 0.0406 e. The van der Waals surface area contributed by atoms with Gasteiger partial charge in [-0.1, -0.05) is 23.7 Å². The minimum absolute atomic E-state index is 0.370. The Kier molecular flexibility index (Phi) is 5.13. The summed E-state index contributed by atoms with van der Waals surface area (Å²) in [5.41, 5.74) is 4.98. The van der Waals surface area contributed by atoms with Gasteiger partial charge in [-0.15, -0.1) is 0 Å². The second kappa shape index (κ2) is 6.86. The zero-order valence-electron chi connectivity index (χ0n) is 13.2. The highest BCUT2D eigenvalue weighted by Gasteiger charge is 2.07. The van der Waals surface area contributed by atoms with Crippen molar-refractivity contribution in [2.24, 2.45) is 0 Å². The molecule has 2 rings (SSSR count). The summed E-state index contributed by atoms with van der Waals surface area (Å²) in [6.45, 7) is 4.35. The van der Waals surface area contributed by atoms with Crippen molar-refractivity contribution in [2.75, 3.05) is 24.3 Å². The number of hydrogen-bond donors (Lipinski definition) is 1. The average molecular weight is 303 g/mol. The van der Waals surface area contributed by atoms with Crippen LogP contribution in [0.5, 0.6) is 0 Å². The molecule has 0 fully saturated rings. The number of hydrogen-bond acceptors (Lipinski definition) is 2. The van der Waals surface area contributed by atoms with Gasteiger partial charge in [-0.3, -0.25) is 0 Å². The first-order valence-corrected chi connectivity index (χ1v) is 7.62. The van der Waals surface area contributed by atoms with E-state index in [1.807, 2.05) is 12.1 Å². The molecule has 0 saturated carbocycles. The highest BCUT2D eigenvalue weighted by Crippen LogP contribution is 2.22.